The Morgan fingerprint density at radius 3 is 2.16 bits per heavy atom. The number of aromatic nitrogens is 2. The van der Waals surface area contributed by atoms with Crippen LogP contribution in [0.15, 0.2) is 60.8 Å². The van der Waals surface area contributed by atoms with Gasteiger partial charge in [-0.25, -0.2) is 14.8 Å². The highest BCUT2D eigenvalue weighted by atomic mass is 16.2. The molecule has 0 radical (unpaired) electrons. The lowest BCUT2D eigenvalue weighted by atomic mass is 9.94. The molecule has 9 heteroatoms. The lowest BCUT2D eigenvalue weighted by Gasteiger charge is -2.38. The van der Waals surface area contributed by atoms with Crippen LogP contribution in [0.25, 0.3) is 11.3 Å². The lowest BCUT2D eigenvalue weighted by molar-refractivity contribution is -0.139. The monoisotopic (exact) mass is 501 g/mol. The number of nitrogens with zero attached hydrogens (tertiary/aromatic N) is 4. The van der Waals surface area contributed by atoms with Crippen LogP contribution in [0.2, 0.25) is 0 Å². The Morgan fingerprint density at radius 1 is 0.892 bits per heavy atom. The van der Waals surface area contributed by atoms with Gasteiger partial charge in [0.05, 0.1) is 5.69 Å². The van der Waals surface area contributed by atoms with Gasteiger partial charge in [0.2, 0.25) is 11.9 Å². The highest BCUT2D eigenvalue weighted by Crippen LogP contribution is 2.25. The first-order valence-corrected chi connectivity index (χ1v) is 12.6. The minimum Gasteiger partial charge on any atom is -0.368 e. The fourth-order valence-corrected chi connectivity index (χ4v) is 4.17. The van der Waals surface area contributed by atoms with E-state index in [4.69, 9.17) is 0 Å². The normalized spacial score (nSPS) is 13.7. The van der Waals surface area contributed by atoms with Gasteiger partial charge in [-0.15, -0.1) is 0 Å². The van der Waals surface area contributed by atoms with Crippen molar-refractivity contribution in [1.29, 1.82) is 0 Å². The molecule has 194 valence electrons. The molecule has 3 amide bonds. The van der Waals surface area contributed by atoms with E-state index in [1.807, 2.05) is 75.1 Å². The summed E-state index contributed by atoms with van der Waals surface area (Å²) in [6, 6.07) is 17.3. The third kappa shape index (κ3) is 6.75. The van der Waals surface area contributed by atoms with Crippen molar-refractivity contribution in [1.82, 2.24) is 20.2 Å². The number of amides is 3. The second-order valence-electron chi connectivity index (χ2n) is 10.0. The van der Waals surface area contributed by atoms with E-state index in [0.29, 0.717) is 18.2 Å². The van der Waals surface area contributed by atoms with Gasteiger partial charge in [0.1, 0.15) is 0 Å². The molecule has 3 aromatic rings. The van der Waals surface area contributed by atoms with Crippen LogP contribution < -0.4 is 20.9 Å². The predicted molar refractivity (Wildman–Crippen MR) is 148 cm³/mol. The van der Waals surface area contributed by atoms with Crippen LogP contribution in [0.3, 0.4) is 0 Å². The second-order valence-corrected chi connectivity index (χ2v) is 10.0. The van der Waals surface area contributed by atoms with Crippen molar-refractivity contribution in [3.05, 3.63) is 60.8 Å². The zero-order valence-electron chi connectivity index (χ0n) is 21.9. The summed E-state index contributed by atoms with van der Waals surface area (Å²) < 4.78 is 0. The van der Waals surface area contributed by atoms with Crippen LogP contribution in [0.5, 0.6) is 0 Å². The number of carbonyl (C=O) groups is 2. The first kappa shape index (κ1) is 25.9. The standard InChI is InChI=1S/C28H35N7O2/c1-5-29-27(37)32-22-8-6-20(7-9-22)24-14-15-30-26(33-24)31-21-10-12-23(13-11-21)34-16-18-35(19-17-34)25(36)28(2,3)4/h6-15H,5,16-19H2,1-4H3,(H2,29,32,37)(H,30,31,33). The Balaban J connectivity index is 1.35. The summed E-state index contributed by atoms with van der Waals surface area (Å²) in [6.07, 6.45) is 1.72. The molecule has 37 heavy (non-hydrogen) atoms. The van der Waals surface area contributed by atoms with Crippen molar-refractivity contribution < 1.29 is 9.59 Å². The van der Waals surface area contributed by atoms with Crippen molar-refractivity contribution >= 4 is 34.9 Å². The van der Waals surface area contributed by atoms with Gasteiger partial charge in [0, 0.05) is 67.0 Å². The van der Waals surface area contributed by atoms with Crippen LogP contribution in [-0.4, -0.2) is 59.5 Å². The summed E-state index contributed by atoms with van der Waals surface area (Å²) >= 11 is 0. The average Bonchev–Trinajstić information content (AvgIpc) is 2.89. The maximum Gasteiger partial charge on any atom is 0.319 e. The van der Waals surface area contributed by atoms with E-state index in [-0.39, 0.29) is 17.4 Å². The number of piperazine rings is 1. The van der Waals surface area contributed by atoms with Gasteiger partial charge in [-0.1, -0.05) is 32.9 Å². The topological polar surface area (TPSA) is 102 Å². The fourth-order valence-electron chi connectivity index (χ4n) is 4.17. The highest BCUT2D eigenvalue weighted by Gasteiger charge is 2.29. The minimum atomic E-state index is -0.345. The summed E-state index contributed by atoms with van der Waals surface area (Å²) in [6.45, 7) is 11.5. The number of benzene rings is 2. The first-order valence-electron chi connectivity index (χ1n) is 12.6. The number of rotatable bonds is 6. The second kappa shape index (κ2) is 11.3. The van der Waals surface area contributed by atoms with Gasteiger partial charge in [-0.2, -0.15) is 0 Å². The van der Waals surface area contributed by atoms with E-state index in [0.717, 1.165) is 48.8 Å². The fraction of sp³-hybridized carbons (Fsp3) is 0.357. The maximum absolute atomic E-state index is 12.5. The molecule has 1 saturated heterocycles. The molecule has 2 heterocycles. The zero-order valence-corrected chi connectivity index (χ0v) is 21.9. The molecule has 0 atom stereocenters. The Labute approximate surface area is 218 Å². The van der Waals surface area contributed by atoms with E-state index in [2.05, 4.69) is 43.0 Å². The molecule has 3 N–H and O–H groups in total. The van der Waals surface area contributed by atoms with Crippen molar-refractivity contribution in [2.75, 3.05) is 48.3 Å². The minimum absolute atomic E-state index is 0.209. The maximum atomic E-state index is 12.5. The van der Waals surface area contributed by atoms with E-state index < -0.39 is 0 Å². The smallest absolute Gasteiger partial charge is 0.319 e. The Hall–Kier alpha value is -4.14. The summed E-state index contributed by atoms with van der Waals surface area (Å²) in [5.41, 5.74) is 4.09. The van der Waals surface area contributed by atoms with Crippen LogP contribution in [0.4, 0.5) is 27.8 Å². The Kier molecular flexibility index (Phi) is 7.91. The molecule has 0 bridgehead atoms. The molecular weight excluding hydrogens is 466 g/mol. The molecular formula is C28H35N7O2. The molecule has 0 unspecified atom stereocenters. The molecule has 1 fully saturated rings. The molecule has 0 aliphatic carbocycles. The van der Waals surface area contributed by atoms with Crippen molar-refractivity contribution in [2.45, 2.75) is 27.7 Å². The van der Waals surface area contributed by atoms with Gasteiger partial charge in [-0.05, 0) is 49.4 Å². The number of hydrogen-bond donors (Lipinski definition) is 3. The van der Waals surface area contributed by atoms with Crippen LogP contribution in [0.1, 0.15) is 27.7 Å². The average molecular weight is 502 g/mol. The third-order valence-corrected chi connectivity index (χ3v) is 6.13. The molecule has 2 aromatic carbocycles. The molecule has 0 spiro atoms. The van der Waals surface area contributed by atoms with E-state index in [1.54, 1.807) is 6.20 Å². The van der Waals surface area contributed by atoms with Gasteiger partial charge in [0.15, 0.2) is 0 Å². The van der Waals surface area contributed by atoms with Crippen LogP contribution in [0, 0.1) is 5.41 Å². The van der Waals surface area contributed by atoms with Gasteiger partial charge < -0.3 is 25.8 Å². The number of urea groups is 1. The first-order chi connectivity index (χ1) is 17.7. The summed E-state index contributed by atoms with van der Waals surface area (Å²) in [5, 5.41) is 8.77. The number of hydrogen-bond acceptors (Lipinski definition) is 6. The lowest BCUT2D eigenvalue weighted by Crippen LogP contribution is -2.51. The van der Waals surface area contributed by atoms with Gasteiger partial charge >= 0.3 is 6.03 Å². The quantitative estimate of drug-likeness (QED) is 0.452. The van der Waals surface area contributed by atoms with Crippen molar-refractivity contribution in [3.63, 3.8) is 0 Å². The SMILES string of the molecule is CCNC(=O)Nc1ccc(-c2ccnc(Nc3ccc(N4CCN(C(=O)C(C)(C)C)CC4)cc3)n2)cc1. The number of anilines is 4. The molecule has 4 rings (SSSR count). The van der Waals surface area contributed by atoms with Crippen molar-refractivity contribution in [3.8, 4) is 11.3 Å². The number of carbonyl (C=O) groups excluding carboxylic acids is 2. The molecule has 9 nitrogen and oxygen atoms in total. The summed E-state index contributed by atoms with van der Waals surface area (Å²) in [5.74, 6) is 0.713. The van der Waals surface area contributed by atoms with E-state index in [9.17, 15) is 9.59 Å². The molecule has 0 saturated carbocycles. The largest absolute Gasteiger partial charge is 0.368 e. The number of nitrogens with one attached hydrogen (secondary N) is 3. The zero-order chi connectivity index (χ0) is 26.4. The molecule has 1 aliphatic heterocycles. The Morgan fingerprint density at radius 2 is 1.54 bits per heavy atom. The molecule has 1 aromatic heterocycles. The summed E-state index contributed by atoms with van der Waals surface area (Å²) in [7, 11) is 0. The van der Waals surface area contributed by atoms with Gasteiger partial charge in [-0.3, -0.25) is 4.79 Å². The van der Waals surface area contributed by atoms with Crippen LogP contribution >= 0.6 is 0 Å². The molecule has 1 aliphatic rings. The summed E-state index contributed by atoms with van der Waals surface area (Å²) in [4.78, 5) is 37.5. The highest BCUT2D eigenvalue weighted by molar-refractivity contribution is 5.89. The van der Waals surface area contributed by atoms with Crippen molar-refractivity contribution in [2.24, 2.45) is 5.41 Å². The van der Waals surface area contributed by atoms with E-state index in [1.165, 1.54) is 0 Å². The Bertz CT molecular complexity index is 1210. The van der Waals surface area contributed by atoms with Crippen LogP contribution in [-0.2, 0) is 4.79 Å². The third-order valence-electron chi connectivity index (χ3n) is 6.13. The van der Waals surface area contributed by atoms with Gasteiger partial charge in [0.25, 0.3) is 0 Å². The van der Waals surface area contributed by atoms with E-state index >= 15 is 0 Å². The predicted octanol–water partition coefficient (Wildman–Crippen LogP) is 4.72.